The predicted molar refractivity (Wildman–Crippen MR) is 110 cm³/mol. The summed E-state index contributed by atoms with van der Waals surface area (Å²) in [5.41, 5.74) is 8.62. The Bertz CT molecular complexity index is 946. The summed E-state index contributed by atoms with van der Waals surface area (Å²) < 4.78 is 14.1. The van der Waals surface area contributed by atoms with Gasteiger partial charge in [-0.3, -0.25) is 4.90 Å². The topological polar surface area (TPSA) is 80.0 Å². The largest absolute Gasteiger partial charge is 0.368 e. The van der Waals surface area contributed by atoms with E-state index in [0.29, 0.717) is 23.9 Å². The van der Waals surface area contributed by atoms with Gasteiger partial charge in [-0.2, -0.15) is 15.0 Å². The molecule has 0 aliphatic carbocycles. The Hall–Kier alpha value is -3.06. The summed E-state index contributed by atoms with van der Waals surface area (Å²) >= 11 is 0. The first-order valence-corrected chi connectivity index (χ1v) is 9.28. The van der Waals surface area contributed by atoms with Gasteiger partial charge in [0.15, 0.2) is 0 Å². The van der Waals surface area contributed by atoms with Crippen LogP contribution in [-0.2, 0) is 13.0 Å². The molecule has 0 fully saturated rings. The van der Waals surface area contributed by atoms with Crippen molar-refractivity contribution in [3.05, 3.63) is 71.3 Å². The number of halogens is 1. The molecule has 7 heteroatoms. The van der Waals surface area contributed by atoms with Gasteiger partial charge >= 0.3 is 0 Å². The molecule has 0 radical (unpaired) electrons. The predicted octanol–water partition coefficient (Wildman–Crippen LogP) is 4.09. The van der Waals surface area contributed by atoms with Gasteiger partial charge in [0.05, 0.1) is 6.54 Å². The quantitative estimate of drug-likeness (QED) is 0.643. The maximum absolute atomic E-state index is 14.1. The Labute approximate surface area is 164 Å². The monoisotopic (exact) mass is 380 g/mol. The zero-order chi connectivity index (χ0) is 20.1. The Balaban J connectivity index is 1.78. The number of nitrogens with one attached hydrogen (secondary N) is 1. The molecule has 0 aliphatic rings. The molecule has 0 spiro atoms. The van der Waals surface area contributed by atoms with Gasteiger partial charge in [0.1, 0.15) is 11.6 Å². The van der Waals surface area contributed by atoms with Crippen molar-refractivity contribution in [2.75, 3.05) is 18.1 Å². The van der Waals surface area contributed by atoms with Gasteiger partial charge in [0.25, 0.3) is 0 Å². The number of hydrogen-bond acceptors (Lipinski definition) is 6. The fourth-order valence-corrected chi connectivity index (χ4v) is 3.05. The highest BCUT2D eigenvalue weighted by atomic mass is 19.1. The number of aromatic nitrogens is 3. The smallest absolute Gasteiger partial charge is 0.232 e. The summed E-state index contributed by atoms with van der Waals surface area (Å²) in [4.78, 5) is 14.9. The molecular formula is C21H25FN6. The molecule has 3 aromatic rings. The number of rotatable bonds is 7. The molecule has 0 bridgehead atoms. The normalized spacial score (nSPS) is 12.2. The first-order valence-electron chi connectivity index (χ1n) is 9.28. The molecule has 0 aliphatic heterocycles. The van der Waals surface area contributed by atoms with E-state index in [2.05, 4.69) is 33.3 Å². The van der Waals surface area contributed by atoms with Crippen LogP contribution in [0.25, 0.3) is 0 Å². The van der Waals surface area contributed by atoms with E-state index in [-0.39, 0.29) is 17.8 Å². The van der Waals surface area contributed by atoms with E-state index in [4.69, 9.17) is 5.73 Å². The van der Waals surface area contributed by atoms with Crippen LogP contribution in [0.1, 0.15) is 36.8 Å². The average Bonchev–Trinajstić information content (AvgIpc) is 2.67. The fraction of sp³-hybridized carbons (Fsp3) is 0.286. The second-order valence-corrected chi connectivity index (χ2v) is 6.68. The molecule has 146 valence electrons. The van der Waals surface area contributed by atoms with Crippen molar-refractivity contribution in [1.82, 2.24) is 19.9 Å². The van der Waals surface area contributed by atoms with Gasteiger partial charge in [-0.05, 0) is 38.1 Å². The number of aryl methyl sites for hydroxylation is 1. The van der Waals surface area contributed by atoms with Crippen molar-refractivity contribution < 1.29 is 4.39 Å². The minimum Gasteiger partial charge on any atom is -0.368 e. The van der Waals surface area contributed by atoms with Crippen molar-refractivity contribution in [2.45, 2.75) is 32.9 Å². The Morgan fingerprint density at radius 2 is 1.79 bits per heavy atom. The van der Waals surface area contributed by atoms with Crippen LogP contribution in [0.3, 0.4) is 0 Å². The lowest BCUT2D eigenvalue weighted by molar-refractivity contribution is 0.242. The minimum atomic E-state index is -0.226. The van der Waals surface area contributed by atoms with Gasteiger partial charge in [-0.1, -0.05) is 43.3 Å². The SMILES string of the molecule is CCc1ccccc1Nc1nc(N)nc(CN(C)C(C)c2ccccc2F)n1. The van der Waals surface area contributed by atoms with Gasteiger partial charge in [-0.15, -0.1) is 0 Å². The zero-order valence-electron chi connectivity index (χ0n) is 16.4. The van der Waals surface area contributed by atoms with E-state index >= 15 is 0 Å². The van der Waals surface area contributed by atoms with Crippen LogP contribution in [0.15, 0.2) is 48.5 Å². The first-order chi connectivity index (χ1) is 13.5. The minimum absolute atomic E-state index is 0.142. The second kappa shape index (κ2) is 8.75. The lowest BCUT2D eigenvalue weighted by Crippen LogP contribution is -2.24. The molecule has 3 N–H and O–H groups in total. The van der Waals surface area contributed by atoms with Crippen molar-refractivity contribution in [1.29, 1.82) is 0 Å². The van der Waals surface area contributed by atoms with E-state index in [0.717, 1.165) is 17.7 Å². The molecule has 1 heterocycles. The molecule has 6 nitrogen and oxygen atoms in total. The van der Waals surface area contributed by atoms with Crippen LogP contribution in [0.2, 0.25) is 0 Å². The number of nitrogens with two attached hydrogens (primary N) is 1. The molecule has 28 heavy (non-hydrogen) atoms. The molecule has 0 amide bonds. The van der Waals surface area contributed by atoms with E-state index in [1.54, 1.807) is 12.1 Å². The average molecular weight is 380 g/mol. The van der Waals surface area contributed by atoms with Crippen LogP contribution in [0.4, 0.5) is 22.0 Å². The summed E-state index contributed by atoms with van der Waals surface area (Å²) in [7, 11) is 1.90. The van der Waals surface area contributed by atoms with Crippen LogP contribution in [0, 0.1) is 5.82 Å². The number of hydrogen-bond donors (Lipinski definition) is 2. The van der Waals surface area contributed by atoms with Crippen molar-refractivity contribution >= 4 is 17.6 Å². The summed E-state index contributed by atoms with van der Waals surface area (Å²) in [5, 5.41) is 3.23. The lowest BCUT2D eigenvalue weighted by Gasteiger charge is -2.24. The standard InChI is InChI=1S/C21H25FN6/c1-4-15-9-5-8-12-18(15)24-21-26-19(25-20(23)27-21)13-28(3)14(2)16-10-6-7-11-17(16)22/h5-12,14H,4,13H2,1-3H3,(H3,23,24,25,26,27). The van der Waals surface area contributed by atoms with Crippen LogP contribution in [-0.4, -0.2) is 26.9 Å². The lowest BCUT2D eigenvalue weighted by atomic mass is 10.1. The van der Waals surface area contributed by atoms with E-state index in [9.17, 15) is 4.39 Å². The highest BCUT2D eigenvalue weighted by molar-refractivity contribution is 5.58. The third kappa shape index (κ3) is 4.61. The Kier molecular flexibility index (Phi) is 6.16. The van der Waals surface area contributed by atoms with Crippen molar-refractivity contribution in [3.63, 3.8) is 0 Å². The summed E-state index contributed by atoms with van der Waals surface area (Å²) in [6, 6.07) is 14.6. The number of anilines is 3. The van der Waals surface area contributed by atoms with Crippen LogP contribution in [0.5, 0.6) is 0 Å². The number of nitrogens with zero attached hydrogens (tertiary/aromatic N) is 4. The van der Waals surface area contributed by atoms with E-state index in [1.807, 2.05) is 43.1 Å². The first kappa shape index (κ1) is 19.7. The van der Waals surface area contributed by atoms with Crippen molar-refractivity contribution in [2.24, 2.45) is 0 Å². The third-order valence-electron chi connectivity index (χ3n) is 4.75. The molecule has 3 rings (SSSR count). The molecule has 0 saturated carbocycles. The molecular weight excluding hydrogens is 355 g/mol. The molecule has 1 unspecified atom stereocenters. The van der Waals surface area contributed by atoms with E-state index in [1.165, 1.54) is 6.07 Å². The highest BCUT2D eigenvalue weighted by Gasteiger charge is 2.17. The molecule has 0 saturated heterocycles. The Morgan fingerprint density at radius 3 is 2.54 bits per heavy atom. The second-order valence-electron chi connectivity index (χ2n) is 6.68. The number of para-hydroxylation sites is 1. The van der Waals surface area contributed by atoms with Gasteiger partial charge in [0, 0.05) is 17.3 Å². The van der Waals surface area contributed by atoms with Gasteiger partial charge in [0.2, 0.25) is 11.9 Å². The van der Waals surface area contributed by atoms with E-state index < -0.39 is 0 Å². The number of nitrogen functional groups attached to an aromatic ring is 1. The fourth-order valence-electron chi connectivity index (χ4n) is 3.05. The molecule has 1 atom stereocenters. The Morgan fingerprint density at radius 1 is 1.07 bits per heavy atom. The summed E-state index contributed by atoms with van der Waals surface area (Å²) in [6.07, 6.45) is 0.888. The summed E-state index contributed by atoms with van der Waals surface area (Å²) in [5.74, 6) is 0.842. The van der Waals surface area contributed by atoms with Crippen LogP contribution < -0.4 is 11.1 Å². The summed E-state index contributed by atoms with van der Waals surface area (Å²) in [6.45, 7) is 4.44. The van der Waals surface area contributed by atoms with Crippen LogP contribution >= 0.6 is 0 Å². The zero-order valence-corrected chi connectivity index (χ0v) is 16.4. The maximum atomic E-state index is 14.1. The molecule has 1 aromatic heterocycles. The van der Waals surface area contributed by atoms with Gasteiger partial charge in [-0.25, -0.2) is 4.39 Å². The van der Waals surface area contributed by atoms with Crippen molar-refractivity contribution in [3.8, 4) is 0 Å². The highest BCUT2D eigenvalue weighted by Crippen LogP contribution is 2.23. The molecule has 2 aromatic carbocycles. The maximum Gasteiger partial charge on any atom is 0.232 e. The number of benzene rings is 2. The van der Waals surface area contributed by atoms with Gasteiger partial charge < -0.3 is 11.1 Å². The third-order valence-corrected chi connectivity index (χ3v) is 4.75.